The molecule has 23 heavy (non-hydrogen) atoms. The summed E-state index contributed by atoms with van der Waals surface area (Å²) in [6.07, 6.45) is 4.02. The molecule has 0 saturated heterocycles. The number of benzene rings is 1. The Morgan fingerprint density at radius 1 is 1.30 bits per heavy atom. The number of thiophene rings is 1. The lowest BCUT2D eigenvalue weighted by Crippen LogP contribution is -2.10. The number of fused-ring (bicyclic) bond motifs is 1. The van der Waals surface area contributed by atoms with E-state index in [4.69, 9.17) is 11.6 Å². The highest BCUT2D eigenvalue weighted by Gasteiger charge is 2.18. The fourth-order valence-electron chi connectivity index (χ4n) is 2.58. The molecule has 0 N–H and O–H groups in total. The van der Waals surface area contributed by atoms with Crippen molar-refractivity contribution in [1.29, 1.82) is 0 Å². The number of aryl methyl sites for hydroxylation is 1. The van der Waals surface area contributed by atoms with Crippen LogP contribution in [0.25, 0.3) is 21.3 Å². The van der Waals surface area contributed by atoms with Crippen LogP contribution in [0.2, 0.25) is 5.28 Å². The van der Waals surface area contributed by atoms with E-state index >= 15 is 0 Å². The van der Waals surface area contributed by atoms with Crippen LogP contribution in [0.15, 0.2) is 30.5 Å². The van der Waals surface area contributed by atoms with Crippen molar-refractivity contribution in [3.05, 3.63) is 40.6 Å². The van der Waals surface area contributed by atoms with Crippen LogP contribution in [0, 0.1) is 6.92 Å². The molecule has 2 aromatic heterocycles. The molecule has 0 spiro atoms. The molecule has 3 rings (SSSR count). The molecule has 2 heterocycles. The largest absolute Gasteiger partial charge is 0.325 e. The molecule has 0 aliphatic heterocycles. The van der Waals surface area contributed by atoms with Gasteiger partial charge in [0.2, 0.25) is 5.28 Å². The van der Waals surface area contributed by atoms with Gasteiger partial charge in [-0.2, -0.15) is 0 Å². The van der Waals surface area contributed by atoms with Gasteiger partial charge in [0.1, 0.15) is 0 Å². The summed E-state index contributed by atoms with van der Waals surface area (Å²) >= 11 is 7.74. The predicted octanol–water partition coefficient (Wildman–Crippen LogP) is 5.39. The smallest absolute Gasteiger partial charge is 0.222 e. The maximum absolute atomic E-state index is 6.03. The van der Waals surface area contributed by atoms with Crippen LogP contribution in [0.3, 0.4) is 0 Å². The lowest BCUT2D eigenvalue weighted by Gasteiger charge is -2.24. The monoisotopic (exact) mass is 363 g/mol. The van der Waals surface area contributed by atoms with Crippen LogP contribution in [-0.4, -0.2) is 28.6 Å². The van der Waals surface area contributed by atoms with Crippen molar-refractivity contribution < 1.29 is 0 Å². The van der Waals surface area contributed by atoms with Gasteiger partial charge in [0, 0.05) is 29.2 Å². The fourth-order valence-corrected chi connectivity index (χ4v) is 4.48. The van der Waals surface area contributed by atoms with Gasteiger partial charge in [0.25, 0.3) is 0 Å². The molecule has 0 amide bonds. The Morgan fingerprint density at radius 2 is 2.04 bits per heavy atom. The molecule has 0 bridgehead atoms. The van der Waals surface area contributed by atoms with E-state index in [-0.39, 0.29) is 10.7 Å². The molecule has 6 heteroatoms. The van der Waals surface area contributed by atoms with E-state index in [2.05, 4.69) is 71.1 Å². The Morgan fingerprint density at radius 3 is 2.78 bits per heavy atom. The molecule has 0 aliphatic rings. The Bertz CT molecular complexity index is 902. The minimum atomic E-state index is 0.0636. The highest BCUT2D eigenvalue weighted by molar-refractivity contribution is 8.15. The lowest BCUT2D eigenvalue weighted by atomic mass is 10.0. The Kier molecular flexibility index (Phi) is 4.71. The number of aromatic nitrogens is 2. The first-order chi connectivity index (χ1) is 11.0. The van der Waals surface area contributed by atoms with Crippen molar-refractivity contribution in [2.75, 3.05) is 17.6 Å². The van der Waals surface area contributed by atoms with Gasteiger partial charge in [-0.05, 0) is 43.1 Å². The molecule has 3 nitrogen and oxygen atoms in total. The van der Waals surface area contributed by atoms with Crippen molar-refractivity contribution in [2.45, 2.75) is 13.8 Å². The predicted molar refractivity (Wildman–Crippen MR) is 106 cm³/mol. The Balaban J connectivity index is 2.28. The second-order valence-electron chi connectivity index (χ2n) is 5.16. The van der Waals surface area contributed by atoms with Crippen LogP contribution in [0.5, 0.6) is 0 Å². The third kappa shape index (κ3) is 3.01. The summed E-state index contributed by atoms with van der Waals surface area (Å²) in [4.78, 5) is 9.81. The van der Waals surface area contributed by atoms with Crippen LogP contribution in [0.4, 0.5) is 5.69 Å². The summed E-state index contributed by atoms with van der Waals surface area (Å²) in [6.45, 7) is 4.23. The second kappa shape index (κ2) is 6.59. The standard InChI is InChI=1S/C17H18ClN3S2/c1-5-23(4)21(3)13-9-7-6-8-12(13)15-11(2)22-14-10-19-17(18)20-16(14)15/h5-10H,1-4H3. The van der Waals surface area contributed by atoms with Crippen molar-refractivity contribution in [1.82, 2.24) is 9.97 Å². The number of para-hydroxylation sites is 1. The van der Waals surface area contributed by atoms with Gasteiger partial charge in [0.15, 0.2) is 0 Å². The highest BCUT2D eigenvalue weighted by atomic mass is 35.5. The molecule has 0 saturated carbocycles. The lowest BCUT2D eigenvalue weighted by molar-refractivity contribution is 1.23. The van der Waals surface area contributed by atoms with E-state index in [1.165, 1.54) is 16.1 Å². The van der Waals surface area contributed by atoms with Gasteiger partial charge in [-0.1, -0.05) is 18.2 Å². The highest BCUT2D eigenvalue weighted by Crippen LogP contribution is 2.42. The third-order valence-electron chi connectivity index (χ3n) is 3.86. The van der Waals surface area contributed by atoms with E-state index in [0.29, 0.717) is 5.28 Å². The zero-order valence-corrected chi connectivity index (χ0v) is 15.9. The third-order valence-corrected chi connectivity index (χ3v) is 6.82. The van der Waals surface area contributed by atoms with Crippen molar-refractivity contribution in [2.24, 2.45) is 0 Å². The summed E-state index contributed by atoms with van der Waals surface area (Å²) < 4.78 is 3.37. The number of hydrogen-bond acceptors (Lipinski definition) is 4. The molecule has 1 unspecified atom stereocenters. The van der Waals surface area contributed by atoms with E-state index in [1.54, 1.807) is 11.3 Å². The molecular weight excluding hydrogens is 346 g/mol. The Labute approximate surface area is 148 Å². The fraction of sp³-hybridized carbons (Fsp3) is 0.235. The van der Waals surface area contributed by atoms with E-state index < -0.39 is 0 Å². The minimum absolute atomic E-state index is 0.0636. The van der Waals surface area contributed by atoms with Gasteiger partial charge in [-0.15, -0.1) is 22.0 Å². The normalized spacial score (nSPS) is 12.7. The molecule has 1 aromatic carbocycles. The van der Waals surface area contributed by atoms with Crippen molar-refractivity contribution in [3.8, 4) is 11.1 Å². The van der Waals surface area contributed by atoms with Gasteiger partial charge in [-0.3, -0.25) is 0 Å². The molecule has 3 aromatic rings. The first-order valence-electron chi connectivity index (χ1n) is 7.22. The molecule has 1 atom stereocenters. The molecule has 120 valence electrons. The van der Waals surface area contributed by atoms with Crippen LogP contribution >= 0.6 is 33.6 Å². The van der Waals surface area contributed by atoms with Gasteiger partial charge < -0.3 is 4.31 Å². The van der Waals surface area contributed by atoms with E-state index in [9.17, 15) is 0 Å². The van der Waals surface area contributed by atoms with Gasteiger partial charge >= 0.3 is 0 Å². The van der Waals surface area contributed by atoms with Crippen LogP contribution < -0.4 is 4.31 Å². The number of hydrogen-bond donors (Lipinski definition) is 0. The summed E-state index contributed by atoms with van der Waals surface area (Å²) in [6, 6.07) is 8.47. The van der Waals surface area contributed by atoms with Crippen molar-refractivity contribution in [3.63, 3.8) is 0 Å². The van der Waals surface area contributed by atoms with Gasteiger partial charge in [0.05, 0.1) is 15.9 Å². The summed E-state index contributed by atoms with van der Waals surface area (Å²) in [7, 11) is 2.20. The first kappa shape index (κ1) is 16.4. The second-order valence-corrected chi connectivity index (χ2v) is 8.82. The molecule has 0 fully saturated rings. The van der Waals surface area contributed by atoms with E-state index in [1.807, 2.05) is 6.20 Å². The summed E-state index contributed by atoms with van der Waals surface area (Å²) in [5.74, 6) is 0. The topological polar surface area (TPSA) is 29.0 Å². The first-order valence-corrected chi connectivity index (χ1v) is 10.1. The zero-order chi connectivity index (χ0) is 16.6. The maximum atomic E-state index is 6.03. The van der Waals surface area contributed by atoms with Gasteiger partial charge in [-0.25, -0.2) is 9.97 Å². The molecule has 0 aliphatic carbocycles. The quantitative estimate of drug-likeness (QED) is 0.461. The number of halogens is 1. The number of nitrogens with zero attached hydrogens (tertiary/aromatic N) is 3. The summed E-state index contributed by atoms with van der Waals surface area (Å²) in [5.41, 5.74) is 4.48. The average Bonchev–Trinajstić information content (AvgIpc) is 2.88. The molecular formula is C17H18ClN3S2. The van der Waals surface area contributed by atoms with E-state index in [0.717, 1.165) is 15.8 Å². The number of anilines is 1. The van der Waals surface area contributed by atoms with Crippen LogP contribution in [0.1, 0.15) is 11.8 Å². The molecule has 0 radical (unpaired) electrons. The SMILES string of the molecule is C/C=S(\C)N(C)c1ccccc1-c1c(C)sc2cnc(Cl)nc12. The zero-order valence-electron chi connectivity index (χ0n) is 13.5. The number of rotatable bonds is 3. The summed E-state index contributed by atoms with van der Waals surface area (Å²) in [5, 5.41) is 2.51. The average molecular weight is 364 g/mol. The maximum Gasteiger partial charge on any atom is 0.222 e. The Hall–Kier alpha value is -1.43. The van der Waals surface area contributed by atoms with Crippen LogP contribution in [-0.2, 0) is 0 Å². The van der Waals surface area contributed by atoms with Crippen molar-refractivity contribution >= 4 is 54.9 Å². The minimum Gasteiger partial charge on any atom is -0.325 e.